The molecule has 0 saturated carbocycles. The van der Waals surface area contributed by atoms with Gasteiger partial charge in [-0.2, -0.15) is 0 Å². The summed E-state index contributed by atoms with van der Waals surface area (Å²) in [5, 5.41) is 0. The van der Waals surface area contributed by atoms with E-state index in [1.54, 1.807) is 26.2 Å². The summed E-state index contributed by atoms with van der Waals surface area (Å²) >= 11 is 0. The van der Waals surface area contributed by atoms with Crippen molar-refractivity contribution in [3.8, 4) is 0 Å². The fraction of sp³-hybridized carbons (Fsp3) is 0.389. The summed E-state index contributed by atoms with van der Waals surface area (Å²) in [6.45, 7) is 4.12. The Balaban J connectivity index is 2.03. The average molecular weight is 318 g/mol. The molecule has 1 aromatic carbocycles. The Bertz CT molecular complexity index is 622. The highest BCUT2D eigenvalue weighted by atomic mass is 19.1. The van der Waals surface area contributed by atoms with Crippen molar-refractivity contribution in [2.75, 3.05) is 20.3 Å². The molecule has 0 spiro atoms. The lowest BCUT2D eigenvalue weighted by Gasteiger charge is -2.22. The molecule has 2 aromatic rings. The maximum atomic E-state index is 13.0. The number of rotatable bonds is 8. The largest absolute Gasteiger partial charge is 0.385 e. The Hall–Kier alpha value is -2.14. The first-order valence-corrected chi connectivity index (χ1v) is 7.73. The molecule has 0 fully saturated rings. The van der Waals surface area contributed by atoms with E-state index in [2.05, 4.69) is 4.57 Å². The van der Waals surface area contributed by atoms with Gasteiger partial charge in [-0.15, -0.1) is 0 Å². The number of amides is 1. The Kier molecular flexibility index (Phi) is 6.35. The zero-order valence-corrected chi connectivity index (χ0v) is 13.7. The maximum Gasteiger partial charge on any atom is 0.219 e. The van der Waals surface area contributed by atoms with Gasteiger partial charge in [-0.1, -0.05) is 12.1 Å². The lowest BCUT2D eigenvalue weighted by molar-refractivity contribution is -0.129. The third kappa shape index (κ3) is 5.21. The van der Waals surface area contributed by atoms with Crippen molar-refractivity contribution in [3.05, 3.63) is 59.7 Å². The average Bonchev–Trinajstić information content (AvgIpc) is 2.95. The number of benzene rings is 1. The summed E-state index contributed by atoms with van der Waals surface area (Å²) in [5.41, 5.74) is 2.08. The number of methoxy groups -OCH3 is 1. The molecule has 0 radical (unpaired) electrons. The highest BCUT2D eigenvalue weighted by Gasteiger charge is 2.12. The summed E-state index contributed by atoms with van der Waals surface area (Å²) in [6, 6.07) is 10.5. The van der Waals surface area contributed by atoms with Crippen LogP contribution in [0.25, 0.3) is 0 Å². The zero-order valence-electron chi connectivity index (χ0n) is 13.7. The molecular formula is C18H23FN2O2. The van der Waals surface area contributed by atoms with E-state index in [1.807, 2.05) is 23.2 Å². The van der Waals surface area contributed by atoms with Gasteiger partial charge in [0.05, 0.1) is 6.54 Å². The predicted molar refractivity (Wildman–Crippen MR) is 87.5 cm³/mol. The zero-order chi connectivity index (χ0) is 16.7. The molecule has 124 valence electrons. The second-order valence-electron chi connectivity index (χ2n) is 5.54. The minimum atomic E-state index is -0.234. The van der Waals surface area contributed by atoms with Crippen LogP contribution in [-0.2, 0) is 22.6 Å². The van der Waals surface area contributed by atoms with Gasteiger partial charge in [0.25, 0.3) is 0 Å². The number of ether oxygens (including phenoxy) is 1. The van der Waals surface area contributed by atoms with Gasteiger partial charge < -0.3 is 14.2 Å². The first kappa shape index (κ1) is 17.2. The molecule has 0 saturated heterocycles. The Morgan fingerprint density at radius 1 is 1.26 bits per heavy atom. The van der Waals surface area contributed by atoms with Crippen LogP contribution in [0.5, 0.6) is 0 Å². The Morgan fingerprint density at radius 2 is 2.00 bits per heavy atom. The quantitative estimate of drug-likeness (QED) is 0.701. The number of carbonyl (C=O) groups is 1. The minimum Gasteiger partial charge on any atom is -0.385 e. The number of hydrogen-bond acceptors (Lipinski definition) is 2. The summed E-state index contributed by atoms with van der Waals surface area (Å²) in [6.07, 6.45) is 2.79. The third-order valence-electron chi connectivity index (χ3n) is 3.76. The summed E-state index contributed by atoms with van der Waals surface area (Å²) in [5.74, 6) is -0.182. The van der Waals surface area contributed by atoms with Crippen molar-refractivity contribution in [2.24, 2.45) is 0 Å². The van der Waals surface area contributed by atoms with Crippen LogP contribution in [-0.4, -0.2) is 35.6 Å². The molecular weight excluding hydrogens is 295 g/mol. The molecule has 2 rings (SSSR count). The van der Waals surface area contributed by atoms with E-state index in [1.165, 1.54) is 12.1 Å². The van der Waals surface area contributed by atoms with Crippen LogP contribution in [0, 0.1) is 5.82 Å². The second kappa shape index (κ2) is 8.48. The smallest absolute Gasteiger partial charge is 0.219 e. The van der Waals surface area contributed by atoms with Gasteiger partial charge in [-0.25, -0.2) is 4.39 Å². The molecule has 5 heteroatoms. The van der Waals surface area contributed by atoms with Gasteiger partial charge in [0.15, 0.2) is 0 Å². The van der Waals surface area contributed by atoms with Crippen molar-refractivity contribution in [1.82, 2.24) is 9.47 Å². The number of aromatic nitrogens is 1. The van der Waals surface area contributed by atoms with E-state index >= 15 is 0 Å². The first-order chi connectivity index (χ1) is 11.1. The fourth-order valence-electron chi connectivity index (χ4n) is 2.48. The molecule has 0 atom stereocenters. The molecule has 0 aliphatic rings. The van der Waals surface area contributed by atoms with Gasteiger partial charge in [0.2, 0.25) is 5.91 Å². The first-order valence-electron chi connectivity index (χ1n) is 7.73. The molecule has 1 amide bonds. The Labute approximate surface area is 136 Å². The summed E-state index contributed by atoms with van der Waals surface area (Å²) in [7, 11) is 1.66. The van der Waals surface area contributed by atoms with Crippen LogP contribution in [0.2, 0.25) is 0 Å². The topological polar surface area (TPSA) is 34.5 Å². The maximum absolute atomic E-state index is 13.0. The highest BCUT2D eigenvalue weighted by Crippen LogP contribution is 2.12. The third-order valence-corrected chi connectivity index (χ3v) is 3.76. The molecule has 0 aliphatic heterocycles. The van der Waals surface area contributed by atoms with E-state index in [0.29, 0.717) is 26.2 Å². The van der Waals surface area contributed by atoms with Crippen LogP contribution in [0.15, 0.2) is 42.6 Å². The molecule has 1 heterocycles. The standard InChI is InChI=1S/C18H23FN2O2/c1-15(22)20(11-4-12-23-2)14-18-5-3-10-21(18)13-16-6-8-17(19)9-7-16/h3,5-10H,4,11-14H2,1-2H3. The van der Waals surface area contributed by atoms with Gasteiger partial charge in [-0.05, 0) is 36.2 Å². The molecule has 0 bridgehead atoms. The Morgan fingerprint density at radius 3 is 2.65 bits per heavy atom. The van der Waals surface area contributed by atoms with Crippen LogP contribution in [0.3, 0.4) is 0 Å². The number of halogens is 1. The van der Waals surface area contributed by atoms with E-state index < -0.39 is 0 Å². The van der Waals surface area contributed by atoms with Gasteiger partial charge in [0, 0.05) is 45.6 Å². The predicted octanol–water partition coefficient (Wildman–Crippen LogP) is 3.06. The van der Waals surface area contributed by atoms with E-state index in [9.17, 15) is 9.18 Å². The molecule has 1 aromatic heterocycles. The van der Waals surface area contributed by atoms with Gasteiger partial charge in [-0.3, -0.25) is 4.79 Å². The molecule has 0 N–H and O–H groups in total. The lowest BCUT2D eigenvalue weighted by atomic mass is 10.2. The molecule has 0 aliphatic carbocycles. The normalized spacial score (nSPS) is 10.7. The van der Waals surface area contributed by atoms with Gasteiger partial charge in [0.1, 0.15) is 5.82 Å². The molecule has 0 unspecified atom stereocenters. The summed E-state index contributed by atoms with van der Waals surface area (Å²) in [4.78, 5) is 13.6. The van der Waals surface area contributed by atoms with Gasteiger partial charge >= 0.3 is 0 Å². The summed E-state index contributed by atoms with van der Waals surface area (Å²) < 4.78 is 20.1. The number of nitrogens with zero attached hydrogens (tertiary/aromatic N) is 2. The molecule has 23 heavy (non-hydrogen) atoms. The van der Waals surface area contributed by atoms with E-state index in [-0.39, 0.29) is 11.7 Å². The van der Waals surface area contributed by atoms with E-state index in [4.69, 9.17) is 4.74 Å². The monoisotopic (exact) mass is 318 g/mol. The fourth-order valence-corrected chi connectivity index (χ4v) is 2.48. The molecule has 4 nitrogen and oxygen atoms in total. The van der Waals surface area contributed by atoms with Crippen molar-refractivity contribution < 1.29 is 13.9 Å². The van der Waals surface area contributed by atoms with Crippen LogP contribution in [0.1, 0.15) is 24.6 Å². The van der Waals surface area contributed by atoms with Crippen molar-refractivity contribution in [2.45, 2.75) is 26.4 Å². The minimum absolute atomic E-state index is 0.0515. The van der Waals surface area contributed by atoms with Crippen molar-refractivity contribution >= 4 is 5.91 Å². The van der Waals surface area contributed by atoms with Crippen molar-refractivity contribution in [3.63, 3.8) is 0 Å². The second-order valence-corrected chi connectivity index (χ2v) is 5.54. The lowest BCUT2D eigenvalue weighted by Crippen LogP contribution is -2.30. The number of carbonyl (C=O) groups excluding carboxylic acids is 1. The number of hydrogen-bond donors (Lipinski definition) is 0. The van der Waals surface area contributed by atoms with Crippen molar-refractivity contribution in [1.29, 1.82) is 0 Å². The SMILES string of the molecule is COCCCN(Cc1cccn1Cc1ccc(F)cc1)C(C)=O. The van der Waals surface area contributed by atoms with Crippen LogP contribution < -0.4 is 0 Å². The highest BCUT2D eigenvalue weighted by molar-refractivity contribution is 5.73. The van der Waals surface area contributed by atoms with E-state index in [0.717, 1.165) is 17.7 Å². The van der Waals surface area contributed by atoms with Crippen LogP contribution in [0.4, 0.5) is 4.39 Å². The van der Waals surface area contributed by atoms with Crippen LogP contribution >= 0.6 is 0 Å².